The van der Waals surface area contributed by atoms with E-state index < -0.39 is 11.5 Å². The summed E-state index contributed by atoms with van der Waals surface area (Å²) in [5, 5.41) is 11.3. The molecule has 0 unspecified atom stereocenters. The summed E-state index contributed by atoms with van der Waals surface area (Å²) >= 11 is 0. The molecular formula is C17H12FN3O. The minimum atomic E-state index is -1.26. The van der Waals surface area contributed by atoms with E-state index in [0.29, 0.717) is 28.1 Å². The Balaban J connectivity index is 1.90. The third kappa shape index (κ3) is 1.83. The van der Waals surface area contributed by atoms with Crippen LogP contribution in [-0.2, 0) is 12.0 Å². The normalized spacial score (nSPS) is 14.5. The molecule has 1 aliphatic rings. The minimum absolute atomic E-state index is 0.240. The van der Waals surface area contributed by atoms with Gasteiger partial charge in [0.1, 0.15) is 5.60 Å². The van der Waals surface area contributed by atoms with Crippen molar-refractivity contribution >= 4 is 0 Å². The lowest BCUT2D eigenvalue weighted by molar-refractivity contribution is 0.0856. The summed E-state index contributed by atoms with van der Waals surface area (Å²) in [4.78, 5) is 12.2. The summed E-state index contributed by atoms with van der Waals surface area (Å²) < 4.78 is 13.3. The van der Waals surface area contributed by atoms with Gasteiger partial charge in [0.05, 0.1) is 11.4 Å². The van der Waals surface area contributed by atoms with Crippen LogP contribution in [0.4, 0.5) is 4.39 Å². The SMILES string of the molecule is OC1(Cc2ccnc(F)c2)c2cccnc2-c2ncccc21. The van der Waals surface area contributed by atoms with E-state index in [9.17, 15) is 9.50 Å². The first-order valence-electron chi connectivity index (χ1n) is 6.93. The third-order valence-electron chi connectivity index (χ3n) is 3.98. The number of nitrogens with zero attached hydrogens (tertiary/aromatic N) is 3. The van der Waals surface area contributed by atoms with Crippen LogP contribution < -0.4 is 0 Å². The lowest BCUT2D eigenvalue weighted by Crippen LogP contribution is -2.27. The molecule has 3 heterocycles. The van der Waals surface area contributed by atoms with Crippen LogP contribution in [0.5, 0.6) is 0 Å². The molecule has 4 nitrogen and oxygen atoms in total. The van der Waals surface area contributed by atoms with E-state index in [0.717, 1.165) is 0 Å². The van der Waals surface area contributed by atoms with Gasteiger partial charge in [-0.15, -0.1) is 0 Å². The fourth-order valence-electron chi connectivity index (χ4n) is 3.04. The number of pyridine rings is 3. The number of fused-ring (bicyclic) bond motifs is 3. The van der Waals surface area contributed by atoms with Crippen molar-refractivity contribution in [1.82, 2.24) is 15.0 Å². The smallest absolute Gasteiger partial charge is 0.213 e. The Morgan fingerprint density at radius 3 is 2.14 bits per heavy atom. The van der Waals surface area contributed by atoms with E-state index in [2.05, 4.69) is 15.0 Å². The molecule has 0 saturated heterocycles. The summed E-state index contributed by atoms with van der Waals surface area (Å²) in [5.74, 6) is -0.558. The van der Waals surface area contributed by atoms with Crippen molar-refractivity contribution in [3.8, 4) is 11.4 Å². The van der Waals surface area contributed by atoms with Crippen molar-refractivity contribution in [3.63, 3.8) is 0 Å². The highest BCUT2D eigenvalue weighted by molar-refractivity contribution is 5.73. The molecule has 5 heteroatoms. The van der Waals surface area contributed by atoms with Gasteiger partial charge in [-0.2, -0.15) is 4.39 Å². The van der Waals surface area contributed by atoms with Gasteiger partial charge in [-0.1, -0.05) is 12.1 Å². The van der Waals surface area contributed by atoms with Gasteiger partial charge < -0.3 is 5.11 Å². The molecule has 22 heavy (non-hydrogen) atoms. The summed E-state index contributed by atoms with van der Waals surface area (Å²) in [7, 11) is 0. The van der Waals surface area contributed by atoms with Crippen LogP contribution in [-0.4, -0.2) is 20.1 Å². The van der Waals surface area contributed by atoms with Crippen LogP contribution in [0.25, 0.3) is 11.4 Å². The molecule has 0 spiro atoms. The number of rotatable bonds is 2. The first kappa shape index (κ1) is 13.0. The predicted octanol–water partition coefficient (Wildman–Crippen LogP) is 2.47. The second-order valence-electron chi connectivity index (χ2n) is 5.32. The van der Waals surface area contributed by atoms with Crippen LogP contribution in [0.3, 0.4) is 0 Å². The van der Waals surface area contributed by atoms with Crippen molar-refractivity contribution in [3.05, 3.63) is 77.6 Å². The molecule has 1 aliphatic carbocycles. The van der Waals surface area contributed by atoms with Gasteiger partial charge in [-0.05, 0) is 29.8 Å². The van der Waals surface area contributed by atoms with Crippen molar-refractivity contribution in [1.29, 1.82) is 0 Å². The molecule has 0 aromatic carbocycles. The summed E-state index contributed by atoms with van der Waals surface area (Å²) in [6.07, 6.45) is 4.99. The molecule has 0 atom stereocenters. The highest BCUT2D eigenvalue weighted by Crippen LogP contribution is 2.46. The summed E-state index contributed by atoms with van der Waals surface area (Å²) in [6.45, 7) is 0. The Morgan fingerprint density at radius 1 is 0.909 bits per heavy atom. The molecule has 0 fully saturated rings. The highest BCUT2D eigenvalue weighted by Gasteiger charge is 2.43. The van der Waals surface area contributed by atoms with Crippen LogP contribution in [0, 0.1) is 5.95 Å². The lowest BCUT2D eigenvalue weighted by atomic mass is 9.86. The topological polar surface area (TPSA) is 58.9 Å². The number of hydrogen-bond donors (Lipinski definition) is 1. The molecule has 1 N–H and O–H groups in total. The van der Waals surface area contributed by atoms with E-state index in [4.69, 9.17) is 0 Å². The molecule has 0 aliphatic heterocycles. The summed E-state index contributed by atoms with van der Waals surface area (Å²) in [5.41, 5.74) is 2.15. The zero-order valence-corrected chi connectivity index (χ0v) is 11.6. The van der Waals surface area contributed by atoms with Gasteiger partial charge in [0.15, 0.2) is 0 Å². The molecule has 4 rings (SSSR count). The van der Waals surface area contributed by atoms with E-state index in [-0.39, 0.29) is 6.42 Å². The molecule has 0 bridgehead atoms. The van der Waals surface area contributed by atoms with Gasteiger partial charge in [-0.3, -0.25) is 9.97 Å². The number of aromatic nitrogens is 3. The van der Waals surface area contributed by atoms with Crippen LogP contribution in [0.1, 0.15) is 16.7 Å². The van der Waals surface area contributed by atoms with Gasteiger partial charge >= 0.3 is 0 Å². The Labute approximate surface area is 126 Å². The standard InChI is InChI=1S/C17H12FN3O/c18-14-9-11(5-8-19-14)10-17(22)12-3-1-6-20-15(12)16-13(17)4-2-7-21-16/h1-9,22H,10H2. The van der Waals surface area contributed by atoms with Gasteiger partial charge in [-0.25, -0.2) is 4.98 Å². The lowest BCUT2D eigenvalue weighted by Gasteiger charge is -2.25. The molecule has 3 aromatic heterocycles. The minimum Gasteiger partial charge on any atom is -0.380 e. The first-order valence-corrected chi connectivity index (χ1v) is 6.93. The Hall–Kier alpha value is -2.66. The Bertz CT molecular complexity index is 820. The molecule has 0 radical (unpaired) electrons. The predicted molar refractivity (Wildman–Crippen MR) is 78.4 cm³/mol. The number of hydrogen-bond acceptors (Lipinski definition) is 4. The van der Waals surface area contributed by atoms with Gasteiger partial charge in [0, 0.05) is 36.1 Å². The van der Waals surface area contributed by atoms with E-state index in [1.54, 1.807) is 30.6 Å². The first-order chi connectivity index (χ1) is 10.7. The van der Waals surface area contributed by atoms with Crippen LogP contribution in [0.15, 0.2) is 55.0 Å². The van der Waals surface area contributed by atoms with E-state index in [1.165, 1.54) is 12.3 Å². The average Bonchev–Trinajstić information content (AvgIpc) is 2.78. The van der Waals surface area contributed by atoms with Gasteiger partial charge in [0.2, 0.25) is 5.95 Å². The number of halogens is 1. The fraction of sp³-hybridized carbons (Fsp3) is 0.118. The van der Waals surface area contributed by atoms with Crippen molar-refractivity contribution in [2.75, 3.05) is 0 Å². The number of aliphatic hydroxyl groups is 1. The molecule has 3 aromatic rings. The molecule has 0 amide bonds. The zero-order valence-electron chi connectivity index (χ0n) is 11.6. The van der Waals surface area contributed by atoms with Crippen molar-refractivity contribution < 1.29 is 9.50 Å². The third-order valence-corrected chi connectivity index (χ3v) is 3.98. The quantitative estimate of drug-likeness (QED) is 0.737. The molecular weight excluding hydrogens is 281 g/mol. The summed E-state index contributed by atoms with van der Waals surface area (Å²) in [6, 6.07) is 10.3. The fourth-order valence-corrected chi connectivity index (χ4v) is 3.04. The Kier molecular flexibility index (Phi) is 2.77. The second kappa shape index (κ2) is 4.68. The highest BCUT2D eigenvalue weighted by atomic mass is 19.1. The second-order valence-corrected chi connectivity index (χ2v) is 5.32. The Morgan fingerprint density at radius 2 is 1.55 bits per heavy atom. The monoisotopic (exact) mass is 293 g/mol. The largest absolute Gasteiger partial charge is 0.380 e. The van der Waals surface area contributed by atoms with E-state index >= 15 is 0 Å². The average molecular weight is 293 g/mol. The van der Waals surface area contributed by atoms with Crippen molar-refractivity contribution in [2.45, 2.75) is 12.0 Å². The van der Waals surface area contributed by atoms with Gasteiger partial charge in [0.25, 0.3) is 0 Å². The van der Waals surface area contributed by atoms with E-state index in [1.807, 2.05) is 12.1 Å². The van der Waals surface area contributed by atoms with Crippen LogP contribution in [0.2, 0.25) is 0 Å². The molecule has 0 saturated carbocycles. The van der Waals surface area contributed by atoms with Crippen molar-refractivity contribution in [2.24, 2.45) is 0 Å². The maximum Gasteiger partial charge on any atom is 0.213 e. The van der Waals surface area contributed by atoms with Crippen LogP contribution >= 0.6 is 0 Å². The molecule has 108 valence electrons. The maximum absolute atomic E-state index is 13.3. The maximum atomic E-state index is 13.3. The zero-order chi connectivity index (χ0) is 15.2.